The van der Waals surface area contributed by atoms with Crippen molar-refractivity contribution in [2.75, 3.05) is 18.1 Å². The molecule has 0 spiro atoms. The molecule has 3 aromatic heterocycles. The van der Waals surface area contributed by atoms with Crippen molar-refractivity contribution >= 4 is 17.7 Å². The van der Waals surface area contributed by atoms with Gasteiger partial charge in [-0.05, 0) is 31.2 Å². The van der Waals surface area contributed by atoms with Gasteiger partial charge in [-0.2, -0.15) is 4.98 Å². The number of hydrogen-bond donors (Lipinski definition) is 0. The zero-order chi connectivity index (χ0) is 24.4. The van der Waals surface area contributed by atoms with Gasteiger partial charge in [0, 0.05) is 24.2 Å². The summed E-state index contributed by atoms with van der Waals surface area (Å²) in [5.41, 5.74) is 1.22. The molecule has 4 aromatic rings. The van der Waals surface area contributed by atoms with Crippen LogP contribution >= 0.6 is 0 Å². The Hall–Kier alpha value is -4.55. The first-order chi connectivity index (χ1) is 17.0. The van der Waals surface area contributed by atoms with E-state index in [1.54, 1.807) is 53.0 Å². The molecule has 1 aromatic carbocycles. The summed E-state index contributed by atoms with van der Waals surface area (Å²) in [6.07, 6.45) is 5.38. The highest BCUT2D eigenvalue weighted by Gasteiger charge is 2.33. The number of nitrogens with zero attached hydrogens (tertiary/aromatic N) is 7. The Balaban J connectivity index is 1.29. The second-order valence-electron chi connectivity index (χ2n) is 7.68. The van der Waals surface area contributed by atoms with Crippen molar-refractivity contribution in [2.45, 2.75) is 26.0 Å². The van der Waals surface area contributed by atoms with Crippen LogP contribution in [-0.4, -0.2) is 61.0 Å². The largest absolute Gasteiger partial charge is 0.466 e. The van der Waals surface area contributed by atoms with Gasteiger partial charge in [-0.15, -0.1) is 5.10 Å². The van der Waals surface area contributed by atoms with Gasteiger partial charge in [0.05, 0.1) is 37.3 Å². The second kappa shape index (κ2) is 9.37. The standard InChI is InChI=1S/C22H20FN7O5/c1-2-33-20(31)10-19-25-21(26-35-19)14-5-7-28(11-14)18-4-3-15(9-17(18)23)30-13-16(34-22(30)32)12-29-8-6-24-27-29/h3-9,11,16H,2,10,12-13H2,1H3/t16-/m0/s1. The van der Waals surface area contributed by atoms with E-state index in [1.165, 1.54) is 17.2 Å². The number of esters is 1. The molecule has 13 heteroatoms. The SMILES string of the molecule is CCOC(=O)Cc1nc(-c2ccn(-c3ccc(N4C[C@H](Cn5ccnn5)OC4=O)cc3F)c2)no1. The monoisotopic (exact) mass is 481 g/mol. The molecule has 180 valence electrons. The van der Waals surface area contributed by atoms with Crippen LogP contribution in [0.1, 0.15) is 12.8 Å². The number of cyclic esters (lactones) is 1. The minimum atomic E-state index is -0.554. The average molecular weight is 481 g/mol. The minimum Gasteiger partial charge on any atom is -0.466 e. The normalized spacial score (nSPS) is 15.4. The molecule has 1 saturated heterocycles. The van der Waals surface area contributed by atoms with E-state index in [9.17, 15) is 9.59 Å². The van der Waals surface area contributed by atoms with Crippen LogP contribution in [0, 0.1) is 5.82 Å². The highest BCUT2D eigenvalue weighted by molar-refractivity contribution is 5.89. The number of benzene rings is 1. The Morgan fingerprint density at radius 3 is 2.94 bits per heavy atom. The van der Waals surface area contributed by atoms with Crippen LogP contribution in [0.5, 0.6) is 0 Å². The molecule has 4 heterocycles. The van der Waals surface area contributed by atoms with Crippen molar-refractivity contribution in [1.29, 1.82) is 0 Å². The van der Waals surface area contributed by atoms with Gasteiger partial charge < -0.3 is 18.6 Å². The maximum absolute atomic E-state index is 15.0. The maximum atomic E-state index is 15.0. The molecular formula is C22H20FN7O5. The molecule has 5 rings (SSSR count). The summed E-state index contributed by atoms with van der Waals surface area (Å²) < 4.78 is 33.5. The average Bonchev–Trinajstić information content (AvgIpc) is 3.62. The fourth-order valence-electron chi connectivity index (χ4n) is 3.70. The Kier molecular flexibility index (Phi) is 5.95. The smallest absolute Gasteiger partial charge is 0.414 e. The summed E-state index contributed by atoms with van der Waals surface area (Å²) in [6.45, 7) is 2.58. The van der Waals surface area contributed by atoms with Crippen molar-refractivity contribution in [2.24, 2.45) is 0 Å². The van der Waals surface area contributed by atoms with Crippen molar-refractivity contribution < 1.29 is 28.0 Å². The van der Waals surface area contributed by atoms with E-state index in [4.69, 9.17) is 14.0 Å². The molecule has 0 unspecified atom stereocenters. The summed E-state index contributed by atoms with van der Waals surface area (Å²) in [6, 6.07) is 6.18. The Labute approximate surface area is 197 Å². The first-order valence-corrected chi connectivity index (χ1v) is 10.8. The van der Waals surface area contributed by atoms with E-state index in [2.05, 4.69) is 20.5 Å². The number of rotatable bonds is 8. The van der Waals surface area contributed by atoms with Crippen molar-refractivity contribution in [1.82, 2.24) is 29.7 Å². The van der Waals surface area contributed by atoms with E-state index in [-0.39, 0.29) is 37.0 Å². The number of aromatic nitrogens is 6. The molecule has 1 atom stereocenters. The van der Waals surface area contributed by atoms with Gasteiger partial charge in [-0.1, -0.05) is 10.4 Å². The summed E-state index contributed by atoms with van der Waals surface area (Å²) in [5.74, 6) is -0.609. The van der Waals surface area contributed by atoms with Crippen LogP contribution < -0.4 is 4.90 Å². The highest BCUT2D eigenvalue weighted by Crippen LogP contribution is 2.27. The number of halogens is 1. The summed E-state index contributed by atoms with van der Waals surface area (Å²) in [5, 5.41) is 11.5. The Morgan fingerprint density at radius 2 is 2.17 bits per heavy atom. The van der Waals surface area contributed by atoms with Gasteiger partial charge in [0.1, 0.15) is 18.3 Å². The molecule has 0 radical (unpaired) electrons. The molecule has 35 heavy (non-hydrogen) atoms. The molecule has 1 aliphatic heterocycles. The molecule has 1 amide bonds. The molecule has 1 fully saturated rings. The fraction of sp³-hybridized carbons (Fsp3) is 0.273. The molecular weight excluding hydrogens is 461 g/mol. The van der Waals surface area contributed by atoms with E-state index in [1.807, 2.05) is 0 Å². The second-order valence-corrected chi connectivity index (χ2v) is 7.68. The summed E-state index contributed by atoms with van der Waals surface area (Å²) in [7, 11) is 0. The van der Waals surface area contributed by atoms with E-state index < -0.39 is 24.0 Å². The van der Waals surface area contributed by atoms with Gasteiger partial charge >= 0.3 is 12.1 Å². The molecule has 0 saturated carbocycles. The highest BCUT2D eigenvalue weighted by atomic mass is 19.1. The van der Waals surface area contributed by atoms with Crippen molar-refractivity contribution in [3.63, 3.8) is 0 Å². The quantitative estimate of drug-likeness (QED) is 0.348. The summed E-state index contributed by atoms with van der Waals surface area (Å²) in [4.78, 5) is 29.5. The maximum Gasteiger partial charge on any atom is 0.414 e. The summed E-state index contributed by atoms with van der Waals surface area (Å²) >= 11 is 0. The van der Waals surface area contributed by atoms with Gasteiger partial charge in [0.2, 0.25) is 11.7 Å². The lowest BCUT2D eigenvalue weighted by Gasteiger charge is -2.14. The van der Waals surface area contributed by atoms with Crippen LogP contribution in [0.2, 0.25) is 0 Å². The number of hydrogen-bond acceptors (Lipinski definition) is 9. The van der Waals surface area contributed by atoms with Crippen LogP contribution in [-0.2, 0) is 27.2 Å². The van der Waals surface area contributed by atoms with Crippen LogP contribution in [0.3, 0.4) is 0 Å². The van der Waals surface area contributed by atoms with E-state index >= 15 is 4.39 Å². The predicted octanol–water partition coefficient (Wildman–Crippen LogP) is 2.39. The Bertz CT molecular complexity index is 1350. The molecule has 12 nitrogen and oxygen atoms in total. The number of carbonyl (C=O) groups excluding carboxylic acids is 2. The topological polar surface area (TPSA) is 130 Å². The van der Waals surface area contributed by atoms with Crippen LogP contribution in [0.4, 0.5) is 14.9 Å². The van der Waals surface area contributed by atoms with Crippen molar-refractivity contribution in [3.8, 4) is 17.1 Å². The number of carbonyl (C=O) groups is 2. The third kappa shape index (κ3) is 4.74. The first kappa shape index (κ1) is 22.3. The van der Waals surface area contributed by atoms with Gasteiger partial charge in [-0.3, -0.25) is 9.69 Å². The lowest BCUT2D eigenvalue weighted by molar-refractivity contribution is -0.142. The number of anilines is 1. The zero-order valence-corrected chi connectivity index (χ0v) is 18.6. The molecule has 0 aliphatic carbocycles. The predicted molar refractivity (Wildman–Crippen MR) is 117 cm³/mol. The number of amides is 1. The molecule has 1 aliphatic rings. The molecule has 0 bridgehead atoms. The lowest BCUT2D eigenvalue weighted by atomic mass is 10.2. The first-order valence-electron chi connectivity index (χ1n) is 10.8. The number of ether oxygens (including phenoxy) is 2. The van der Waals surface area contributed by atoms with Crippen molar-refractivity contribution in [3.05, 3.63) is 60.8 Å². The molecule has 0 N–H and O–H groups in total. The third-order valence-corrected chi connectivity index (χ3v) is 5.28. The van der Waals surface area contributed by atoms with Gasteiger partial charge in [-0.25, -0.2) is 13.9 Å². The zero-order valence-electron chi connectivity index (χ0n) is 18.6. The van der Waals surface area contributed by atoms with E-state index in [0.29, 0.717) is 17.8 Å². The fourth-order valence-corrected chi connectivity index (χ4v) is 3.70. The Morgan fingerprint density at radius 1 is 1.29 bits per heavy atom. The van der Waals surface area contributed by atoms with Crippen LogP contribution in [0.25, 0.3) is 17.1 Å². The van der Waals surface area contributed by atoms with E-state index in [0.717, 1.165) is 0 Å². The van der Waals surface area contributed by atoms with Crippen LogP contribution in [0.15, 0.2) is 53.6 Å². The van der Waals surface area contributed by atoms with Gasteiger partial charge in [0.15, 0.2) is 0 Å². The lowest BCUT2D eigenvalue weighted by Crippen LogP contribution is -2.26. The third-order valence-electron chi connectivity index (χ3n) is 5.28. The minimum absolute atomic E-state index is 0.126. The van der Waals surface area contributed by atoms with Gasteiger partial charge in [0.25, 0.3) is 0 Å².